The Balaban J connectivity index is 2.46. The Labute approximate surface area is 110 Å². The van der Waals surface area contributed by atoms with E-state index >= 15 is 0 Å². The molecule has 0 aromatic carbocycles. The molecule has 0 aliphatic carbocycles. The fraction of sp³-hybridized carbons (Fsp3) is 0.643. The first kappa shape index (κ1) is 14.9. The first-order valence-electron chi connectivity index (χ1n) is 6.35. The number of aromatic nitrogens is 1. The molecule has 0 bridgehead atoms. The van der Waals surface area contributed by atoms with Gasteiger partial charge in [-0.2, -0.15) is 0 Å². The van der Waals surface area contributed by atoms with Crippen molar-refractivity contribution < 1.29 is 4.74 Å². The van der Waals surface area contributed by atoms with Crippen molar-refractivity contribution in [3.05, 3.63) is 23.9 Å². The Morgan fingerprint density at radius 3 is 2.61 bits per heavy atom. The highest BCUT2D eigenvalue weighted by atomic mass is 16.5. The van der Waals surface area contributed by atoms with E-state index in [1.54, 1.807) is 0 Å². The fourth-order valence-electron chi connectivity index (χ4n) is 1.32. The molecule has 0 saturated carbocycles. The minimum absolute atomic E-state index is 0.101. The molecule has 0 aliphatic heterocycles. The summed E-state index contributed by atoms with van der Waals surface area (Å²) in [4.78, 5) is 6.56. The summed E-state index contributed by atoms with van der Waals surface area (Å²) in [5.74, 6) is 0.699. The first-order chi connectivity index (χ1) is 8.37. The average molecular weight is 251 g/mol. The first-order valence-corrected chi connectivity index (χ1v) is 6.35. The van der Waals surface area contributed by atoms with Gasteiger partial charge in [-0.05, 0) is 40.9 Å². The van der Waals surface area contributed by atoms with Crippen molar-refractivity contribution in [1.82, 2.24) is 15.2 Å². The predicted octanol–water partition coefficient (Wildman–Crippen LogP) is 1.91. The summed E-state index contributed by atoms with van der Waals surface area (Å²) in [5.41, 5.74) is 1.11. The lowest BCUT2D eigenvalue weighted by Crippen LogP contribution is -2.35. The van der Waals surface area contributed by atoms with Crippen molar-refractivity contribution in [3.63, 3.8) is 0 Å². The lowest BCUT2D eigenvalue weighted by atomic mass is 10.1. The van der Waals surface area contributed by atoms with E-state index in [2.05, 4.69) is 36.0 Å². The molecular weight excluding hydrogens is 226 g/mol. The highest BCUT2D eigenvalue weighted by Gasteiger charge is 2.09. The van der Waals surface area contributed by atoms with Gasteiger partial charge in [-0.3, -0.25) is 0 Å². The minimum atomic E-state index is 0.101. The van der Waals surface area contributed by atoms with E-state index in [-0.39, 0.29) is 5.54 Å². The maximum atomic E-state index is 5.61. The van der Waals surface area contributed by atoms with Crippen molar-refractivity contribution in [2.75, 3.05) is 27.2 Å². The van der Waals surface area contributed by atoms with Crippen LogP contribution in [0.4, 0.5) is 0 Å². The molecule has 1 aromatic rings. The summed E-state index contributed by atoms with van der Waals surface area (Å²) >= 11 is 0. The molecular formula is C14H25N3O. The van der Waals surface area contributed by atoms with Crippen LogP contribution < -0.4 is 10.1 Å². The summed E-state index contributed by atoms with van der Waals surface area (Å²) in [7, 11) is 4.06. The standard InChI is InChI=1S/C14H25N3O/c1-14(2,3)15-11-12-7-6-8-13(16-12)18-10-9-17(4)5/h6-8,15H,9-11H2,1-5H3. The van der Waals surface area contributed by atoms with Crippen LogP contribution in [0.15, 0.2) is 18.2 Å². The van der Waals surface area contributed by atoms with Gasteiger partial charge in [0.25, 0.3) is 0 Å². The van der Waals surface area contributed by atoms with Crippen LogP contribution in [0.5, 0.6) is 5.88 Å². The fourth-order valence-corrected chi connectivity index (χ4v) is 1.32. The molecule has 0 amide bonds. The number of nitrogens with zero attached hydrogens (tertiary/aromatic N) is 2. The molecule has 1 N–H and O–H groups in total. The summed E-state index contributed by atoms with van der Waals surface area (Å²) in [5, 5.41) is 3.41. The number of hydrogen-bond donors (Lipinski definition) is 1. The number of rotatable bonds is 6. The maximum Gasteiger partial charge on any atom is 0.213 e. The van der Waals surface area contributed by atoms with Crippen LogP contribution in [0.2, 0.25) is 0 Å². The van der Waals surface area contributed by atoms with Gasteiger partial charge in [-0.1, -0.05) is 6.07 Å². The maximum absolute atomic E-state index is 5.61. The number of likely N-dealkylation sites (N-methyl/N-ethyl adjacent to an activating group) is 1. The molecule has 0 spiro atoms. The highest BCUT2D eigenvalue weighted by Crippen LogP contribution is 2.09. The van der Waals surface area contributed by atoms with Crippen molar-refractivity contribution >= 4 is 0 Å². The Morgan fingerprint density at radius 1 is 1.28 bits per heavy atom. The van der Waals surface area contributed by atoms with Gasteiger partial charge in [-0.15, -0.1) is 0 Å². The lowest BCUT2D eigenvalue weighted by molar-refractivity contribution is 0.253. The number of ether oxygens (including phenoxy) is 1. The Hall–Kier alpha value is -1.13. The molecule has 4 nitrogen and oxygen atoms in total. The summed E-state index contributed by atoms with van der Waals surface area (Å²) in [6, 6.07) is 5.89. The van der Waals surface area contributed by atoms with Crippen LogP contribution in [0, 0.1) is 0 Å². The third-order valence-electron chi connectivity index (χ3n) is 2.37. The third kappa shape index (κ3) is 6.57. The monoisotopic (exact) mass is 251 g/mol. The van der Waals surface area contributed by atoms with E-state index in [0.717, 1.165) is 18.8 Å². The van der Waals surface area contributed by atoms with Crippen molar-refractivity contribution in [2.45, 2.75) is 32.9 Å². The summed E-state index contributed by atoms with van der Waals surface area (Å²) in [6.45, 7) is 8.75. The van der Waals surface area contributed by atoms with Crippen LogP contribution in [-0.4, -0.2) is 42.7 Å². The second-order valence-corrected chi connectivity index (χ2v) is 5.72. The average Bonchev–Trinajstić information content (AvgIpc) is 2.26. The van der Waals surface area contributed by atoms with Gasteiger partial charge in [0, 0.05) is 24.7 Å². The molecule has 18 heavy (non-hydrogen) atoms. The summed E-state index contributed by atoms with van der Waals surface area (Å²) in [6.07, 6.45) is 0. The van der Waals surface area contributed by atoms with Gasteiger partial charge in [0.1, 0.15) is 6.61 Å². The molecule has 102 valence electrons. The van der Waals surface area contributed by atoms with Crippen LogP contribution >= 0.6 is 0 Å². The molecule has 0 fully saturated rings. The van der Waals surface area contributed by atoms with E-state index in [1.807, 2.05) is 32.3 Å². The van der Waals surface area contributed by atoms with E-state index < -0.39 is 0 Å². The normalized spacial score (nSPS) is 11.9. The van der Waals surface area contributed by atoms with Crippen molar-refractivity contribution in [2.24, 2.45) is 0 Å². The number of pyridine rings is 1. The molecule has 4 heteroatoms. The van der Waals surface area contributed by atoms with Crippen LogP contribution in [0.1, 0.15) is 26.5 Å². The molecule has 1 aromatic heterocycles. The zero-order valence-electron chi connectivity index (χ0n) is 12.2. The molecule has 0 saturated heterocycles. The van der Waals surface area contributed by atoms with Gasteiger partial charge >= 0.3 is 0 Å². The quantitative estimate of drug-likeness (QED) is 0.838. The number of nitrogens with one attached hydrogen (secondary N) is 1. The molecule has 0 unspecified atom stereocenters. The SMILES string of the molecule is CN(C)CCOc1cccc(CNC(C)(C)C)n1. The van der Waals surface area contributed by atoms with E-state index in [0.29, 0.717) is 12.5 Å². The second kappa shape index (κ2) is 6.71. The Morgan fingerprint density at radius 2 is 2.00 bits per heavy atom. The summed E-state index contributed by atoms with van der Waals surface area (Å²) < 4.78 is 5.61. The third-order valence-corrected chi connectivity index (χ3v) is 2.37. The molecule has 1 rings (SSSR count). The van der Waals surface area contributed by atoms with Gasteiger partial charge < -0.3 is 15.0 Å². The number of hydrogen-bond acceptors (Lipinski definition) is 4. The second-order valence-electron chi connectivity index (χ2n) is 5.72. The Kier molecular flexibility index (Phi) is 5.56. The van der Waals surface area contributed by atoms with Gasteiger partial charge in [0.05, 0.1) is 5.69 Å². The van der Waals surface area contributed by atoms with Gasteiger partial charge in [0.2, 0.25) is 5.88 Å². The van der Waals surface area contributed by atoms with Crippen molar-refractivity contribution in [1.29, 1.82) is 0 Å². The lowest BCUT2D eigenvalue weighted by Gasteiger charge is -2.20. The van der Waals surface area contributed by atoms with Gasteiger partial charge in [-0.25, -0.2) is 4.98 Å². The van der Waals surface area contributed by atoms with Crippen LogP contribution in [0.3, 0.4) is 0 Å². The van der Waals surface area contributed by atoms with Crippen LogP contribution in [0.25, 0.3) is 0 Å². The zero-order valence-corrected chi connectivity index (χ0v) is 12.2. The largest absolute Gasteiger partial charge is 0.476 e. The molecule has 0 atom stereocenters. The molecule has 0 radical (unpaired) electrons. The highest BCUT2D eigenvalue weighted by molar-refractivity contribution is 5.15. The zero-order chi connectivity index (χ0) is 13.6. The Bertz CT molecular complexity index is 358. The van der Waals surface area contributed by atoms with E-state index in [9.17, 15) is 0 Å². The molecule has 1 heterocycles. The molecule has 0 aliphatic rings. The minimum Gasteiger partial charge on any atom is -0.476 e. The topological polar surface area (TPSA) is 37.4 Å². The predicted molar refractivity (Wildman–Crippen MR) is 74.9 cm³/mol. The smallest absolute Gasteiger partial charge is 0.213 e. The van der Waals surface area contributed by atoms with Crippen LogP contribution in [-0.2, 0) is 6.54 Å². The van der Waals surface area contributed by atoms with E-state index in [4.69, 9.17) is 4.74 Å². The van der Waals surface area contributed by atoms with E-state index in [1.165, 1.54) is 0 Å². The van der Waals surface area contributed by atoms with Gasteiger partial charge in [0.15, 0.2) is 0 Å². The van der Waals surface area contributed by atoms with Crippen molar-refractivity contribution in [3.8, 4) is 5.88 Å².